The lowest BCUT2D eigenvalue weighted by molar-refractivity contribution is 0.226. The summed E-state index contributed by atoms with van der Waals surface area (Å²) in [7, 11) is 4.01. The highest BCUT2D eigenvalue weighted by Crippen LogP contribution is 2.14. The average molecular weight is 330 g/mol. The molecule has 0 aromatic heterocycles. The predicted octanol–water partition coefficient (Wildman–Crippen LogP) is 4.45. The maximum atomic E-state index is 8.23. The largest absolute Gasteiger partial charge is 0.308 e. The van der Waals surface area contributed by atoms with Crippen LogP contribution >= 0.6 is 0 Å². The Bertz CT molecular complexity index is 807. The Morgan fingerprint density at radius 2 is 1.58 bits per heavy atom. The van der Waals surface area contributed by atoms with Gasteiger partial charge in [-0.2, -0.15) is 0 Å². The van der Waals surface area contributed by atoms with Crippen LogP contribution in [-0.2, 0) is 19.5 Å². The van der Waals surface area contributed by atoms with Crippen LogP contribution in [0.1, 0.15) is 37.4 Å². The molecule has 0 amide bonds. The summed E-state index contributed by atoms with van der Waals surface area (Å²) in [5.74, 6) is 0.584. The van der Waals surface area contributed by atoms with Gasteiger partial charge < -0.3 is 4.90 Å². The highest BCUT2D eigenvalue weighted by atomic mass is 15.2. The van der Waals surface area contributed by atoms with Gasteiger partial charge in [0.25, 0.3) is 0 Å². The van der Waals surface area contributed by atoms with Gasteiger partial charge in [-0.05, 0) is 43.1 Å². The minimum absolute atomic E-state index is 0.112. The second kappa shape index (κ2) is 9.61. The number of benzene rings is 2. The van der Waals surface area contributed by atoms with Gasteiger partial charge in [0.05, 0.1) is 6.85 Å². The Morgan fingerprint density at radius 1 is 0.917 bits per heavy atom. The average Bonchev–Trinajstić information content (AvgIpc) is 2.65. The summed E-state index contributed by atoms with van der Waals surface area (Å²) in [5, 5.41) is 0. The topological polar surface area (TPSA) is 6.48 Å². The molecule has 0 radical (unpaired) electrons. The van der Waals surface area contributed by atoms with Crippen LogP contribution in [-0.4, -0.2) is 37.0 Å². The molecule has 0 aliphatic carbocycles. The Kier molecular flexibility index (Phi) is 5.08. The van der Waals surface area contributed by atoms with Crippen LogP contribution in [0.25, 0.3) is 0 Å². The normalized spacial score (nSPS) is 14.5. The van der Waals surface area contributed by atoms with Gasteiger partial charge in [-0.1, -0.05) is 68.3 Å². The molecule has 0 N–H and O–H groups in total. The van der Waals surface area contributed by atoms with Crippen molar-refractivity contribution in [2.75, 3.05) is 27.2 Å². The molecular weight excluding hydrogens is 292 g/mol. The summed E-state index contributed by atoms with van der Waals surface area (Å²) in [5.41, 5.74) is 2.83. The van der Waals surface area contributed by atoms with Crippen LogP contribution < -0.4 is 0 Å². The van der Waals surface area contributed by atoms with Gasteiger partial charge in [0, 0.05) is 26.2 Å². The van der Waals surface area contributed by atoms with Gasteiger partial charge in [0.15, 0.2) is 0 Å². The lowest BCUT2D eigenvalue weighted by Gasteiger charge is -2.24. The summed E-state index contributed by atoms with van der Waals surface area (Å²) in [4.78, 5) is 4.24. The van der Waals surface area contributed by atoms with Crippen molar-refractivity contribution in [3.8, 4) is 0 Å². The van der Waals surface area contributed by atoms with E-state index in [1.54, 1.807) is 0 Å². The summed E-state index contributed by atoms with van der Waals surface area (Å²) in [6, 6.07) is 7.41. The van der Waals surface area contributed by atoms with Crippen LogP contribution in [0.3, 0.4) is 0 Å². The first-order chi connectivity index (χ1) is 13.6. The van der Waals surface area contributed by atoms with Gasteiger partial charge in [0.1, 0.15) is 0 Å². The third-order valence-corrected chi connectivity index (χ3v) is 3.84. The molecule has 2 nitrogen and oxygen atoms in total. The van der Waals surface area contributed by atoms with Crippen molar-refractivity contribution in [3.05, 3.63) is 71.2 Å². The number of nitrogens with zero attached hydrogens (tertiary/aromatic N) is 2. The first-order valence-corrected chi connectivity index (χ1v) is 8.60. The van der Waals surface area contributed by atoms with Crippen molar-refractivity contribution in [3.63, 3.8) is 0 Å². The molecule has 0 heterocycles. The molecule has 2 heteroatoms. The first-order valence-electron chi connectivity index (χ1n) is 11.1. The Labute approximate surface area is 155 Å². The van der Waals surface area contributed by atoms with Crippen molar-refractivity contribution in [2.45, 2.75) is 33.4 Å². The molecule has 0 saturated carbocycles. The lowest BCUT2D eigenvalue weighted by Crippen LogP contribution is -2.31. The maximum Gasteiger partial charge on any atom is 0.0626 e. The molecular formula is C22H32N2. The molecule has 2 aromatic carbocycles. The number of rotatable bonds is 9. The summed E-state index contributed by atoms with van der Waals surface area (Å²) in [6.07, 6.45) is 1.02. The Balaban J connectivity index is 2.30. The monoisotopic (exact) mass is 329 g/mol. The fourth-order valence-electron chi connectivity index (χ4n) is 2.72. The zero-order valence-corrected chi connectivity index (χ0v) is 15.3. The predicted molar refractivity (Wildman–Crippen MR) is 104 cm³/mol. The third-order valence-electron chi connectivity index (χ3n) is 3.84. The van der Waals surface area contributed by atoms with E-state index < -0.39 is 0 Å². The highest BCUT2D eigenvalue weighted by Gasteiger charge is 2.09. The van der Waals surface area contributed by atoms with Gasteiger partial charge in [0.2, 0.25) is 0 Å². The van der Waals surface area contributed by atoms with Crippen molar-refractivity contribution < 1.29 is 6.85 Å². The van der Waals surface area contributed by atoms with Gasteiger partial charge in [-0.15, -0.1) is 0 Å². The molecule has 2 rings (SSSR count). The van der Waals surface area contributed by atoms with Crippen molar-refractivity contribution in [2.24, 2.45) is 5.92 Å². The van der Waals surface area contributed by atoms with E-state index in [2.05, 4.69) is 47.9 Å². The number of hydrogen-bond acceptors (Lipinski definition) is 2. The van der Waals surface area contributed by atoms with E-state index in [9.17, 15) is 0 Å². The number of hydrogen-bond donors (Lipinski definition) is 0. The molecule has 2 aromatic rings. The van der Waals surface area contributed by atoms with Gasteiger partial charge >= 0.3 is 0 Å². The van der Waals surface area contributed by atoms with Crippen molar-refractivity contribution >= 4 is 0 Å². The van der Waals surface area contributed by atoms with Crippen molar-refractivity contribution in [1.82, 2.24) is 9.80 Å². The summed E-state index contributed by atoms with van der Waals surface area (Å²) >= 11 is 0. The SMILES string of the molecule is [2H]c1c([2H])c([2H])c(CN(CCN(C)C)Cc2cccc(CC(C)C)c2)c([2H])c1[2H]. The van der Waals surface area contributed by atoms with Crippen molar-refractivity contribution in [1.29, 1.82) is 0 Å². The van der Waals surface area contributed by atoms with E-state index in [-0.39, 0.29) is 30.2 Å². The maximum absolute atomic E-state index is 8.23. The minimum Gasteiger partial charge on any atom is -0.308 e. The fourth-order valence-corrected chi connectivity index (χ4v) is 2.72. The van der Waals surface area contributed by atoms with E-state index in [1.807, 2.05) is 14.1 Å². The molecule has 0 saturated heterocycles. The molecule has 0 atom stereocenters. The Morgan fingerprint density at radius 3 is 2.25 bits per heavy atom. The smallest absolute Gasteiger partial charge is 0.0626 e. The molecule has 0 aliphatic rings. The fraction of sp³-hybridized carbons (Fsp3) is 0.455. The van der Waals surface area contributed by atoms with E-state index in [0.29, 0.717) is 24.6 Å². The van der Waals surface area contributed by atoms with Crippen LogP contribution in [0.4, 0.5) is 0 Å². The van der Waals surface area contributed by atoms with Gasteiger partial charge in [-0.25, -0.2) is 0 Å². The standard InChI is InChI=1S/C22H32N2/c1-19(2)15-21-11-8-12-22(16-21)18-24(14-13-23(3)4)17-20-9-6-5-7-10-20/h5-12,16,19H,13-15,17-18H2,1-4H3/i5D,6D,7D,9D,10D. The van der Waals surface area contributed by atoms with E-state index in [0.717, 1.165) is 19.5 Å². The molecule has 130 valence electrons. The van der Waals surface area contributed by atoms with Crippen LogP contribution in [0.5, 0.6) is 0 Å². The zero-order chi connectivity index (χ0) is 21.7. The lowest BCUT2D eigenvalue weighted by atomic mass is 10.0. The second-order valence-electron chi connectivity index (χ2n) is 7.04. The molecule has 0 bridgehead atoms. The van der Waals surface area contributed by atoms with E-state index in [1.165, 1.54) is 11.1 Å². The second-order valence-corrected chi connectivity index (χ2v) is 7.04. The summed E-state index contributed by atoms with van der Waals surface area (Å²) < 4.78 is 40.1. The molecule has 0 unspecified atom stereocenters. The van der Waals surface area contributed by atoms with Gasteiger partial charge in [-0.3, -0.25) is 4.90 Å². The highest BCUT2D eigenvalue weighted by molar-refractivity contribution is 5.24. The molecule has 0 fully saturated rings. The van der Waals surface area contributed by atoms with E-state index >= 15 is 0 Å². The van der Waals surface area contributed by atoms with E-state index in [4.69, 9.17) is 6.85 Å². The third kappa shape index (κ3) is 6.86. The quantitative estimate of drug-likeness (QED) is 0.670. The Hall–Kier alpha value is -1.64. The molecule has 0 aliphatic heterocycles. The molecule has 0 spiro atoms. The molecule has 24 heavy (non-hydrogen) atoms. The minimum atomic E-state index is -0.343. The summed E-state index contributed by atoms with van der Waals surface area (Å²) in [6.45, 7) is 6.96. The number of likely N-dealkylation sites (N-methyl/N-ethyl adjacent to an activating group) is 1. The first kappa shape index (κ1) is 12.7. The van der Waals surface area contributed by atoms with Crippen LogP contribution in [0.15, 0.2) is 54.5 Å². The van der Waals surface area contributed by atoms with Crippen LogP contribution in [0, 0.1) is 5.92 Å². The zero-order valence-electron chi connectivity index (χ0n) is 20.3. The van der Waals surface area contributed by atoms with Crippen LogP contribution in [0.2, 0.25) is 0 Å².